The quantitative estimate of drug-likeness (QED) is 0.266. The molecule has 0 saturated carbocycles. The topological polar surface area (TPSA) is 196 Å². The summed E-state index contributed by atoms with van der Waals surface area (Å²) >= 11 is 0. The van der Waals surface area contributed by atoms with Gasteiger partial charge in [0.15, 0.2) is 12.2 Å². The highest BCUT2D eigenvalue weighted by Gasteiger charge is 2.60. The lowest BCUT2D eigenvalue weighted by Gasteiger charge is -2.48. The molecule has 1 unspecified atom stereocenters. The van der Waals surface area contributed by atoms with Gasteiger partial charge in [-0.15, -0.1) is 0 Å². The van der Waals surface area contributed by atoms with Crippen LogP contribution in [0.15, 0.2) is 0 Å². The van der Waals surface area contributed by atoms with E-state index < -0.39 is 98.1 Å². The predicted molar refractivity (Wildman–Crippen MR) is 117 cm³/mol. The summed E-state index contributed by atoms with van der Waals surface area (Å²) < 4.78 is 43.7. The fourth-order valence-electron chi connectivity index (χ4n) is 3.69. The van der Waals surface area contributed by atoms with E-state index in [0.717, 1.165) is 41.5 Å². The monoisotopic (exact) mass is 534 g/mol. The van der Waals surface area contributed by atoms with Crippen LogP contribution in [0.2, 0.25) is 0 Å². The van der Waals surface area contributed by atoms with Crippen molar-refractivity contribution in [3.63, 3.8) is 0 Å². The number of esters is 6. The van der Waals surface area contributed by atoms with Crippen LogP contribution in [0.3, 0.4) is 0 Å². The first-order chi connectivity index (χ1) is 17.6. The number of ether oxygens (including phenoxy) is 7. The Kier molecular flexibility index (Phi) is 10.8. The molecule has 1 aliphatic rings. The number of nitrogens with one attached hydrogen (secondary N) is 1. The summed E-state index contributed by atoms with van der Waals surface area (Å²) in [6.45, 7) is 5.44. The molecule has 0 radical (unpaired) electrons. The van der Waals surface area contributed by atoms with Gasteiger partial charge in [0.1, 0.15) is 18.8 Å². The molecule has 0 aromatic rings. The van der Waals surface area contributed by atoms with Crippen LogP contribution >= 0.6 is 0 Å². The van der Waals surface area contributed by atoms with E-state index in [0.29, 0.717) is 0 Å². The molecule has 37 heavy (non-hydrogen) atoms. The molecule has 6 atom stereocenters. The second-order valence-electron chi connectivity index (χ2n) is 7.96. The molecule has 0 aliphatic carbocycles. The molecule has 1 saturated heterocycles. The number of carbonyl (C=O) groups excluding carboxylic acids is 7. The zero-order chi connectivity index (χ0) is 29.2. The summed E-state index contributed by atoms with van der Waals surface area (Å²) in [4.78, 5) is 84.4. The number of carbonyl (C=O) groups is 7. The molecule has 1 amide bonds. The highest BCUT2D eigenvalue weighted by molar-refractivity contribution is 5.82. The molecular weight excluding hydrogens is 502 g/mol. The molecule has 0 aromatic carbocycles. The highest BCUT2D eigenvalue weighted by Crippen LogP contribution is 2.37. The van der Waals surface area contributed by atoms with Crippen LogP contribution < -0.4 is 5.32 Å². The second kappa shape index (κ2) is 13.5. The van der Waals surface area contributed by atoms with Gasteiger partial charge in [-0.05, 0) is 0 Å². The minimum atomic E-state index is -2.66. The van der Waals surface area contributed by atoms with E-state index in [4.69, 9.17) is 34.5 Å². The van der Waals surface area contributed by atoms with Crippen LogP contribution in [-0.2, 0) is 66.7 Å². The van der Waals surface area contributed by atoms with Crippen molar-refractivity contribution >= 4 is 41.7 Å². The van der Waals surface area contributed by atoms with E-state index in [1.165, 1.54) is 0 Å². The Morgan fingerprint density at radius 3 is 2.00 bits per heavy atom. The first-order valence-electron chi connectivity index (χ1n) is 11.6. The van der Waals surface area contributed by atoms with Crippen molar-refractivity contribution in [1.29, 1.82) is 0 Å². The van der Waals surface area contributed by atoms with Gasteiger partial charge in [-0.2, -0.15) is 0 Å². The Balaban J connectivity index is 3.85. The number of methoxy groups -OCH3 is 1. The van der Waals surface area contributed by atoms with Gasteiger partial charge in [-0.25, -0.2) is 4.79 Å². The van der Waals surface area contributed by atoms with Crippen molar-refractivity contribution in [3.8, 4) is 0 Å². The lowest BCUT2D eigenvalue weighted by atomic mass is 9.88. The molecule has 15 nitrogen and oxygen atoms in total. The minimum absolute atomic E-state index is 0.671. The minimum Gasteiger partial charge on any atom is -0.464 e. The zero-order valence-corrected chi connectivity index (χ0v) is 21.2. The molecular formula is C22H31NO14. The van der Waals surface area contributed by atoms with Crippen molar-refractivity contribution in [2.24, 2.45) is 0 Å². The van der Waals surface area contributed by atoms with Gasteiger partial charge in [0, 0.05) is 41.5 Å². The zero-order valence-electron chi connectivity index (χ0n) is 22.2. The molecule has 0 bridgehead atoms. The fraction of sp³-hybridized carbons (Fsp3) is 0.682. The summed E-state index contributed by atoms with van der Waals surface area (Å²) in [5, 5.41) is 2.47. The first kappa shape index (κ1) is 29.5. The van der Waals surface area contributed by atoms with Crippen LogP contribution in [0.5, 0.6) is 0 Å². The molecule has 1 rings (SSSR count). The fourth-order valence-corrected chi connectivity index (χ4v) is 3.69. The SMILES string of the molecule is [2H]COC(=O)C1(OC(C)=O)C[C@H](OC(C)=O)[C@@H](NC(C)=O)[C@H]([C@H](OC(C)=O)[C@@H](COC(C)=O)OC(C)=O)O1. The summed E-state index contributed by atoms with van der Waals surface area (Å²) in [5.41, 5.74) is 0. The van der Waals surface area contributed by atoms with Crippen LogP contribution in [0.1, 0.15) is 49.3 Å². The van der Waals surface area contributed by atoms with Gasteiger partial charge in [-0.1, -0.05) is 0 Å². The molecule has 15 heteroatoms. The van der Waals surface area contributed by atoms with Gasteiger partial charge in [0.2, 0.25) is 5.91 Å². The van der Waals surface area contributed by atoms with E-state index in [2.05, 4.69) is 5.32 Å². The van der Waals surface area contributed by atoms with Gasteiger partial charge in [0.05, 0.1) is 20.9 Å². The molecule has 0 spiro atoms. The van der Waals surface area contributed by atoms with E-state index in [9.17, 15) is 33.6 Å². The molecule has 0 aromatic heterocycles. The third kappa shape index (κ3) is 9.33. The third-order valence-corrected chi connectivity index (χ3v) is 4.75. The lowest BCUT2D eigenvalue weighted by Crippen LogP contribution is -2.69. The molecule has 1 fully saturated rings. The normalized spacial score (nSPS) is 24.7. The number of hydrogen-bond acceptors (Lipinski definition) is 14. The smallest absolute Gasteiger partial charge is 0.379 e. The second-order valence-corrected chi connectivity index (χ2v) is 7.96. The first-order valence-corrected chi connectivity index (χ1v) is 10.9. The van der Waals surface area contributed by atoms with Crippen LogP contribution in [0, 0.1) is 0 Å². The van der Waals surface area contributed by atoms with E-state index in [1.807, 2.05) is 0 Å². The Labute approximate surface area is 213 Å². The Morgan fingerprint density at radius 1 is 0.919 bits per heavy atom. The van der Waals surface area contributed by atoms with Crippen LogP contribution in [-0.4, -0.2) is 91.7 Å². The van der Waals surface area contributed by atoms with Crippen molar-refractivity contribution in [2.45, 2.75) is 84.2 Å². The maximum absolute atomic E-state index is 12.9. The van der Waals surface area contributed by atoms with E-state index >= 15 is 0 Å². The Morgan fingerprint density at radius 2 is 1.54 bits per heavy atom. The van der Waals surface area contributed by atoms with Crippen molar-refractivity contribution in [2.75, 3.05) is 13.7 Å². The molecule has 208 valence electrons. The molecule has 1 N–H and O–H groups in total. The average Bonchev–Trinajstić information content (AvgIpc) is 2.75. The van der Waals surface area contributed by atoms with Gasteiger partial charge >= 0.3 is 41.6 Å². The summed E-state index contributed by atoms with van der Waals surface area (Å²) in [6, 6.07) is -1.40. The van der Waals surface area contributed by atoms with Crippen LogP contribution in [0.4, 0.5) is 0 Å². The number of amides is 1. The molecule has 1 aliphatic heterocycles. The lowest BCUT2D eigenvalue weighted by molar-refractivity contribution is -0.304. The van der Waals surface area contributed by atoms with Gasteiger partial charge in [0.25, 0.3) is 0 Å². The number of hydrogen-bond donors (Lipinski definition) is 1. The van der Waals surface area contributed by atoms with Gasteiger partial charge < -0.3 is 38.5 Å². The maximum Gasteiger partial charge on any atom is 0.379 e. The summed E-state index contributed by atoms with van der Waals surface area (Å²) in [7, 11) is -0.918. The summed E-state index contributed by atoms with van der Waals surface area (Å²) in [6.07, 6.45) is -7.26. The summed E-state index contributed by atoms with van der Waals surface area (Å²) in [5.74, 6) is -9.30. The largest absolute Gasteiger partial charge is 0.464 e. The average molecular weight is 534 g/mol. The maximum atomic E-state index is 12.9. The highest BCUT2D eigenvalue weighted by atomic mass is 16.8. The van der Waals surface area contributed by atoms with Crippen molar-refractivity contribution < 1.29 is 68.1 Å². The van der Waals surface area contributed by atoms with Crippen molar-refractivity contribution in [3.05, 3.63) is 0 Å². The number of rotatable bonds is 10. The Hall–Kier alpha value is -3.75. The van der Waals surface area contributed by atoms with E-state index in [-0.39, 0.29) is 0 Å². The van der Waals surface area contributed by atoms with E-state index in [1.54, 1.807) is 0 Å². The Bertz CT molecular complexity index is 939. The third-order valence-electron chi connectivity index (χ3n) is 4.75. The van der Waals surface area contributed by atoms with Crippen LogP contribution in [0.25, 0.3) is 0 Å². The standard InChI is InChI=1S/C22H31NO14/c1-10(24)23-18-16(33-12(3)26)8-22(21(30)31-7,36-15(6)29)37-20(18)19(35-14(5)28)17(34-13(4)27)9-32-11(2)25/h16-20H,8-9H2,1-7H3,(H,23,24)/t16-,17+,18+,19+,20+,22?/m0/s1/i7D. The van der Waals surface area contributed by atoms with Crippen molar-refractivity contribution in [1.82, 2.24) is 5.32 Å². The van der Waals surface area contributed by atoms with Gasteiger partial charge in [-0.3, -0.25) is 28.8 Å². The predicted octanol–water partition coefficient (Wildman–Crippen LogP) is -0.929. The molecule has 1 heterocycles.